The lowest BCUT2D eigenvalue weighted by Crippen LogP contribution is -2.41. The van der Waals surface area contributed by atoms with Gasteiger partial charge in [-0.15, -0.1) is 5.10 Å². The van der Waals surface area contributed by atoms with E-state index in [1.807, 2.05) is 5.32 Å². The molecule has 0 fully saturated rings. The molecule has 0 radical (unpaired) electrons. The number of alkyl halides is 2. The molecule has 0 bridgehead atoms. The average Bonchev–Trinajstić information content (AvgIpc) is 3.16. The zero-order valence-corrected chi connectivity index (χ0v) is 18.5. The highest BCUT2D eigenvalue weighted by molar-refractivity contribution is 6.34. The summed E-state index contributed by atoms with van der Waals surface area (Å²) in [5, 5.41) is 15.8. The summed E-state index contributed by atoms with van der Waals surface area (Å²) in [6.07, 6.45) is -0.656. The second-order valence-corrected chi connectivity index (χ2v) is 8.14. The van der Waals surface area contributed by atoms with Gasteiger partial charge in [0, 0.05) is 11.8 Å². The van der Waals surface area contributed by atoms with Gasteiger partial charge in [0.15, 0.2) is 5.65 Å². The van der Waals surface area contributed by atoms with Gasteiger partial charge in [-0.2, -0.15) is 4.98 Å². The smallest absolute Gasteiger partial charge is 0.294 e. The number of carbonyl (C=O) groups excluding carboxylic acids is 1. The van der Waals surface area contributed by atoms with Gasteiger partial charge in [0.05, 0.1) is 17.1 Å². The van der Waals surface area contributed by atoms with Crippen LogP contribution in [0.3, 0.4) is 0 Å². The van der Waals surface area contributed by atoms with Gasteiger partial charge < -0.3 is 16.2 Å². The molecule has 0 saturated carbocycles. The molecule has 4 rings (SSSR count). The number of aliphatic hydroxyl groups excluding tert-OH is 1. The summed E-state index contributed by atoms with van der Waals surface area (Å²) in [4.78, 5) is 16.7. The normalized spacial score (nSPS) is 12.6. The number of nitrogens with zero attached hydrogens (tertiary/aromatic N) is 3. The Bertz CT molecular complexity index is 1390. The SMILES string of the molecule is Cc1cccc(C(O)C(F)(F)CNC(=O)c2c(Cl)ccc(-c3ccn4nc(N)nc4c3)c2F)c1. The molecule has 176 valence electrons. The maximum atomic E-state index is 15.3. The third-order valence-corrected chi connectivity index (χ3v) is 5.54. The Labute approximate surface area is 197 Å². The van der Waals surface area contributed by atoms with Crippen LogP contribution in [0.25, 0.3) is 16.8 Å². The molecule has 0 aliphatic rings. The van der Waals surface area contributed by atoms with E-state index in [2.05, 4.69) is 10.1 Å². The molecule has 11 heteroatoms. The van der Waals surface area contributed by atoms with Crippen LogP contribution in [0.2, 0.25) is 5.02 Å². The van der Waals surface area contributed by atoms with E-state index in [0.717, 1.165) is 0 Å². The van der Waals surface area contributed by atoms with E-state index in [0.29, 0.717) is 16.8 Å². The lowest BCUT2D eigenvalue weighted by atomic mass is 10.0. The number of halogens is 4. The summed E-state index contributed by atoms with van der Waals surface area (Å²) >= 11 is 6.03. The second kappa shape index (κ2) is 8.96. The van der Waals surface area contributed by atoms with Crippen molar-refractivity contribution < 1.29 is 23.1 Å². The number of pyridine rings is 1. The number of carbonyl (C=O) groups is 1. The highest BCUT2D eigenvalue weighted by Gasteiger charge is 2.40. The van der Waals surface area contributed by atoms with Crippen molar-refractivity contribution in [2.75, 3.05) is 12.3 Å². The number of hydrogen-bond donors (Lipinski definition) is 3. The predicted molar refractivity (Wildman–Crippen MR) is 121 cm³/mol. The third kappa shape index (κ3) is 4.55. The predicted octanol–water partition coefficient (Wildman–Crippen LogP) is 4.18. The first-order valence-corrected chi connectivity index (χ1v) is 10.5. The molecule has 0 aliphatic heterocycles. The Kier molecular flexibility index (Phi) is 6.20. The molecule has 2 aromatic heterocycles. The van der Waals surface area contributed by atoms with Gasteiger partial charge in [-0.05, 0) is 42.3 Å². The molecular formula is C23H19ClF3N5O2. The Morgan fingerprint density at radius 3 is 2.76 bits per heavy atom. The van der Waals surface area contributed by atoms with E-state index in [1.165, 1.54) is 53.2 Å². The van der Waals surface area contributed by atoms with Crippen LogP contribution in [-0.2, 0) is 0 Å². The number of nitrogens with one attached hydrogen (secondary N) is 1. The van der Waals surface area contributed by atoms with Crippen molar-refractivity contribution in [3.05, 3.63) is 82.3 Å². The number of nitrogens with two attached hydrogens (primary N) is 1. The maximum Gasteiger partial charge on any atom is 0.294 e. The number of hydrogen-bond acceptors (Lipinski definition) is 5. The highest BCUT2D eigenvalue weighted by Crippen LogP contribution is 2.33. The van der Waals surface area contributed by atoms with E-state index in [-0.39, 0.29) is 22.1 Å². The number of aliphatic hydroxyl groups is 1. The molecule has 4 N–H and O–H groups in total. The maximum absolute atomic E-state index is 15.3. The van der Waals surface area contributed by atoms with Crippen LogP contribution >= 0.6 is 11.6 Å². The number of amides is 1. The van der Waals surface area contributed by atoms with Crippen molar-refractivity contribution >= 4 is 29.1 Å². The third-order valence-electron chi connectivity index (χ3n) is 5.23. The van der Waals surface area contributed by atoms with E-state index in [9.17, 15) is 18.7 Å². The monoisotopic (exact) mass is 489 g/mol. The molecule has 7 nitrogen and oxygen atoms in total. The fourth-order valence-electron chi connectivity index (χ4n) is 3.52. The minimum absolute atomic E-state index is 0.00466. The number of rotatable bonds is 6. The van der Waals surface area contributed by atoms with Gasteiger partial charge in [-0.1, -0.05) is 41.4 Å². The van der Waals surface area contributed by atoms with Gasteiger partial charge in [0.25, 0.3) is 11.8 Å². The van der Waals surface area contributed by atoms with Crippen molar-refractivity contribution in [1.29, 1.82) is 0 Å². The lowest BCUT2D eigenvalue weighted by molar-refractivity contribution is -0.106. The summed E-state index contributed by atoms with van der Waals surface area (Å²) in [5.41, 5.74) is 6.35. The molecule has 1 unspecified atom stereocenters. The summed E-state index contributed by atoms with van der Waals surface area (Å²) < 4.78 is 45.9. The number of nitrogen functional groups attached to an aromatic ring is 1. The fourth-order valence-corrected chi connectivity index (χ4v) is 3.75. The molecule has 34 heavy (non-hydrogen) atoms. The largest absolute Gasteiger partial charge is 0.382 e. The standard InChI is InChI=1S/C23H19ClF3N5O2/c1-12-3-2-4-14(9-12)20(33)23(26,27)11-29-21(34)18-16(24)6-5-15(19(18)25)13-7-8-32-17(10-13)30-22(28)31-32/h2-10,20,33H,11H2,1H3,(H2,28,31)(H,29,34). The first-order chi connectivity index (χ1) is 16.1. The first-order valence-electron chi connectivity index (χ1n) is 10.1. The number of aryl methyl sites for hydroxylation is 1. The average molecular weight is 490 g/mol. The minimum atomic E-state index is -3.72. The van der Waals surface area contributed by atoms with Crippen LogP contribution in [0.4, 0.5) is 19.1 Å². The van der Waals surface area contributed by atoms with Gasteiger partial charge in [0.2, 0.25) is 5.95 Å². The van der Waals surface area contributed by atoms with Gasteiger partial charge in [0.1, 0.15) is 11.9 Å². The molecule has 2 aromatic carbocycles. The molecule has 1 atom stereocenters. The van der Waals surface area contributed by atoms with Gasteiger partial charge in [-0.25, -0.2) is 17.7 Å². The van der Waals surface area contributed by atoms with E-state index < -0.39 is 35.9 Å². The van der Waals surface area contributed by atoms with Crippen molar-refractivity contribution in [1.82, 2.24) is 19.9 Å². The van der Waals surface area contributed by atoms with Crippen molar-refractivity contribution in [2.45, 2.75) is 19.0 Å². The molecule has 1 amide bonds. The zero-order valence-electron chi connectivity index (χ0n) is 17.8. The van der Waals surface area contributed by atoms with E-state index in [1.54, 1.807) is 13.0 Å². The van der Waals surface area contributed by atoms with Crippen LogP contribution in [0.5, 0.6) is 0 Å². The molecule has 0 spiro atoms. The van der Waals surface area contributed by atoms with Crippen molar-refractivity contribution in [3.8, 4) is 11.1 Å². The quantitative estimate of drug-likeness (QED) is 0.377. The van der Waals surface area contributed by atoms with E-state index in [4.69, 9.17) is 17.3 Å². The number of fused-ring (bicyclic) bond motifs is 1. The topological polar surface area (TPSA) is 106 Å². The second-order valence-electron chi connectivity index (χ2n) is 7.73. The van der Waals surface area contributed by atoms with Crippen LogP contribution in [-0.4, -0.2) is 38.1 Å². The number of anilines is 1. The summed E-state index contributed by atoms with van der Waals surface area (Å²) in [6, 6.07) is 11.7. The Morgan fingerprint density at radius 2 is 2.03 bits per heavy atom. The zero-order chi connectivity index (χ0) is 24.6. The molecule has 0 saturated heterocycles. The Balaban J connectivity index is 1.58. The minimum Gasteiger partial charge on any atom is -0.382 e. The Hall–Kier alpha value is -3.63. The van der Waals surface area contributed by atoms with Crippen LogP contribution in [0.15, 0.2) is 54.7 Å². The lowest BCUT2D eigenvalue weighted by Gasteiger charge is -2.23. The molecular weight excluding hydrogens is 471 g/mol. The first kappa shape index (κ1) is 23.5. The van der Waals surface area contributed by atoms with Gasteiger partial charge in [-0.3, -0.25) is 4.79 Å². The molecule has 0 aliphatic carbocycles. The van der Waals surface area contributed by atoms with Crippen molar-refractivity contribution in [3.63, 3.8) is 0 Å². The van der Waals surface area contributed by atoms with Crippen LogP contribution < -0.4 is 11.1 Å². The Morgan fingerprint density at radius 1 is 1.26 bits per heavy atom. The summed E-state index contributed by atoms with van der Waals surface area (Å²) in [6.45, 7) is 0.468. The number of aromatic nitrogens is 3. The molecule has 2 heterocycles. The summed E-state index contributed by atoms with van der Waals surface area (Å²) in [5.74, 6) is -5.83. The van der Waals surface area contributed by atoms with Crippen LogP contribution in [0.1, 0.15) is 27.6 Å². The van der Waals surface area contributed by atoms with Crippen molar-refractivity contribution in [2.24, 2.45) is 0 Å². The van der Waals surface area contributed by atoms with E-state index >= 15 is 4.39 Å². The van der Waals surface area contributed by atoms with Gasteiger partial charge >= 0.3 is 0 Å². The summed E-state index contributed by atoms with van der Waals surface area (Å²) in [7, 11) is 0. The molecule has 4 aromatic rings. The number of benzene rings is 2. The van der Waals surface area contributed by atoms with Crippen LogP contribution in [0, 0.1) is 12.7 Å². The fraction of sp³-hybridized carbons (Fsp3) is 0.174. The highest BCUT2D eigenvalue weighted by atomic mass is 35.5.